The zero-order valence-electron chi connectivity index (χ0n) is 13.4. The Morgan fingerprint density at radius 1 is 1.26 bits per heavy atom. The van der Waals surface area contributed by atoms with E-state index in [2.05, 4.69) is 40.1 Å². The number of nitrogens with one attached hydrogen (secondary N) is 2. The van der Waals surface area contributed by atoms with E-state index in [9.17, 15) is 9.59 Å². The molecule has 2 N–H and O–H groups in total. The van der Waals surface area contributed by atoms with E-state index in [1.807, 2.05) is 18.2 Å². The minimum atomic E-state index is -0.255. The summed E-state index contributed by atoms with van der Waals surface area (Å²) >= 11 is 3.43. The maximum absolute atomic E-state index is 12.8. The number of hydrogen-bond acceptors (Lipinski definition) is 2. The summed E-state index contributed by atoms with van der Waals surface area (Å²) in [6, 6.07) is 7.09. The topological polar surface area (TPSA) is 62.0 Å². The molecule has 1 aliphatic carbocycles. The Hall–Kier alpha value is -1.62. The molecule has 1 heterocycles. The fourth-order valence-corrected chi connectivity index (χ4v) is 3.81. The molecular weight excluding hydrogens is 356 g/mol. The van der Waals surface area contributed by atoms with E-state index in [1.54, 1.807) is 0 Å². The van der Waals surface area contributed by atoms with Crippen LogP contribution in [0.4, 0.5) is 0 Å². The second-order valence-electron chi connectivity index (χ2n) is 6.58. The summed E-state index contributed by atoms with van der Waals surface area (Å²) in [7, 11) is 0. The van der Waals surface area contributed by atoms with Gasteiger partial charge in [-0.25, -0.2) is 0 Å². The Morgan fingerprint density at radius 3 is 2.83 bits per heavy atom. The molecule has 5 heteroatoms. The Kier molecular flexibility index (Phi) is 4.57. The van der Waals surface area contributed by atoms with Gasteiger partial charge in [0.25, 0.3) is 5.91 Å². The number of rotatable bonds is 2. The van der Waals surface area contributed by atoms with Crippen molar-refractivity contribution < 1.29 is 4.79 Å². The lowest BCUT2D eigenvalue weighted by atomic mass is 9.78. The number of carbonyl (C=O) groups excluding carboxylic acids is 1. The van der Waals surface area contributed by atoms with Crippen LogP contribution in [0.3, 0.4) is 0 Å². The van der Waals surface area contributed by atoms with Crippen LogP contribution in [0, 0.1) is 11.8 Å². The van der Waals surface area contributed by atoms with Crippen molar-refractivity contribution in [2.24, 2.45) is 11.8 Å². The molecule has 1 aromatic carbocycles. The number of hydrogen-bond donors (Lipinski definition) is 2. The van der Waals surface area contributed by atoms with E-state index in [-0.39, 0.29) is 17.5 Å². The first-order valence-electron chi connectivity index (χ1n) is 8.09. The van der Waals surface area contributed by atoms with Crippen molar-refractivity contribution in [3.05, 3.63) is 44.7 Å². The van der Waals surface area contributed by atoms with Gasteiger partial charge in [0.15, 0.2) is 0 Å². The number of amides is 1. The van der Waals surface area contributed by atoms with E-state index in [1.165, 1.54) is 12.5 Å². The number of aromatic nitrogens is 1. The average molecular weight is 377 g/mol. The van der Waals surface area contributed by atoms with Gasteiger partial charge in [0.2, 0.25) is 5.56 Å². The number of halogens is 1. The SMILES string of the molecule is C[C@@H]1[C@H](C)CCC[C@@H]1NC(=O)c1cc(=O)[nH]c2ccc(Br)cc12. The van der Waals surface area contributed by atoms with E-state index >= 15 is 0 Å². The number of benzene rings is 1. The van der Waals surface area contributed by atoms with Crippen LogP contribution in [-0.4, -0.2) is 16.9 Å². The summed E-state index contributed by atoms with van der Waals surface area (Å²) in [4.78, 5) is 27.4. The zero-order chi connectivity index (χ0) is 16.6. The highest BCUT2D eigenvalue weighted by Crippen LogP contribution is 2.30. The summed E-state index contributed by atoms with van der Waals surface area (Å²) in [5.41, 5.74) is 0.862. The zero-order valence-corrected chi connectivity index (χ0v) is 14.9. The Balaban J connectivity index is 1.94. The predicted molar refractivity (Wildman–Crippen MR) is 95.7 cm³/mol. The van der Waals surface area contributed by atoms with Gasteiger partial charge < -0.3 is 10.3 Å². The molecule has 0 radical (unpaired) electrons. The molecule has 1 aliphatic rings. The van der Waals surface area contributed by atoms with Crippen LogP contribution in [0.15, 0.2) is 33.5 Å². The minimum Gasteiger partial charge on any atom is -0.349 e. The lowest BCUT2D eigenvalue weighted by Gasteiger charge is -2.34. The molecule has 0 bridgehead atoms. The summed E-state index contributed by atoms with van der Waals surface area (Å²) in [6.07, 6.45) is 3.36. The molecule has 2 aromatic rings. The van der Waals surface area contributed by atoms with Crippen LogP contribution in [0.25, 0.3) is 10.9 Å². The van der Waals surface area contributed by atoms with Crippen molar-refractivity contribution >= 4 is 32.7 Å². The van der Waals surface area contributed by atoms with Crippen molar-refractivity contribution in [2.45, 2.75) is 39.2 Å². The van der Waals surface area contributed by atoms with Crippen molar-refractivity contribution in [3.8, 4) is 0 Å². The third-order valence-electron chi connectivity index (χ3n) is 5.07. The Labute approximate surface area is 143 Å². The van der Waals surface area contributed by atoms with Crippen molar-refractivity contribution in [3.63, 3.8) is 0 Å². The smallest absolute Gasteiger partial charge is 0.252 e. The number of pyridine rings is 1. The van der Waals surface area contributed by atoms with Gasteiger partial charge in [0.05, 0.1) is 5.56 Å². The van der Waals surface area contributed by atoms with Crippen molar-refractivity contribution in [1.82, 2.24) is 10.3 Å². The van der Waals surface area contributed by atoms with Gasteiger partial charge in [0.1, 0.15) is 0 Å². The molecule has 1 amide bonds. The first kappa shape index (κ1) is 16.2. The first-order chi connectivity index (χ1) is 11.0. The number of H-pyrrole nitrogens is 1. The fourth-order valence-electron chi connectivity index (χ4n) is 3.45. The minimum absolute atomic E-state index is 0.162. The van der Waals surface area contributed by atoms with Gasteiger partial charge in [-0.3, -0.25) is 9.59 Å². The Morgan fingerprint density at radius 2 is 2.04 bits per heavy atom. The first-order valence-corrected chi connectivity index (χ1v) is 8.88. The number of aromatic amines is 1. The third kappa shape index (κ3) is 3.34. The second kappa shape index (κ2) is 6.48. The van der Waals surface area contributed by atoms with Crippen molar-refractivity contribution in [1.29, 1.82) is 0 Å². The fraction of sp³-hybridized carbons (Fsp3) is 0.444. The highest BCUT2D eigenvalue weighted by molar-refractivity contribution is 9.10. The molecular formula is C18H21BrN2O2. The molecule has 0 unspecified atom stereocenters. The summed E-state index contributed by atoms with van der Waals surface area (Å²) in [6.45, 7) is 4.43. The molecule has 1 saturated carbocycles. The maximum atomic E-state index is 12.8. The molecule has 4 nitrogen and oxygen atoms in total. The van der Waals surface area contributed by atoms with E-state index in [4.69, 9.17) is 0 Å². The van der Waals surface area contributed by atoms with Gasteiger partial charge in [-0.15, -0.1) is 0 Å². The van der Waals surface area contributed by atoms with E-state index in [0.29, 0.717) is 22.9 Å². The third-order valence-corrected chi connectivity index (χ3v) is 5.57. The van der Waals surface area contributed by atoms with Gasteiger partial charge in [-0.1, -0.05) is 42.6 Å². The maximum Gasteiger partial charge on any atom is 0.252 e. The molecule has 3 atom stereocenters. The highest BCUT2D eigenvalue weighted by Gasteiger charge is 2.28. The molecule has 0 saturated heterocycles. The van der Waals surface area contributed by atoms with Gasteiger partial charge in [-0.05, 0) is 36.5 Å². The summed E-state index contributed by atoms with van der Waals surface area (Å²) in [5, 5.41) is 3.90. The molecule has 23 heavy (non-hydrogen) atoms. The second-order valence-corrected chi connectivity index (χ2v) is 7.50. The molecule has 1 aromatic heterocycles. The summed E-state index contributed by atoms with van der Waals surface area (Å²) in [5.74, 6) is 0.900. The van der Waals surface area contributed by atoms with Crippen molar-refractivity contribution in [2.75, 3.05) is 0 Å². The van der Waals surface area contributed by atoms with Gasteiger partial charge >= 0.3 is 0 Å². The van der Waals surface area contributed by atoms with Gasteiger partial charge in [0, 0.05) is 27.5 Å². The normalized spacial score (nSPS) is 24.6. The summed E-state index contributed by atoms with van der Waals surface area (Å²) < 4.78 is 0.880. The number of fused-ring (bicyclic) bond motifs is 1. The standard InChI is InChI=1S/C18H21BrN2O2/c1-10-4-3-5-15(11(10)2)21-18(23)14-9-17(22)20-16-7-6-12(19)8-13(14)16/h6-11,15H,3-5H2,1-2H3,(H,20,22)(H,21,23)/t10-,11-,15+/m1/s1. The molecule has 1 fully saturated rings. The lowest BCUT2D eigenvalue weighted by Crippen LogP contribution is -2.43. The van der Waals surface area contributed by atoms with Crippen LogP contribution in [-0.2, 0) is 0 Å². The van der Waals surface area contributed by atoms with Crippen LogP contribution >= 0.6 is 15.9 Å². The number of carbonyl (C=O) groups is 1. The molecule has 122 valence electrons. The average Bonchev–Trinajstić information content (AvgIpc) is 2.51. The van der Waals surface area contributed by atoms with E-state index in [0.717, 1.165) is 22.7 Å². The van der Waals surface area contributed by atoms with Gasteiger partial charge in [-0.2, -0.15) is 0 Å². The molecule has 0 spiro atoms. The van der Waals surface area contributed by atoms with E-state index < -0.39 is 0 Å². The van der Waals surface area contributed by atoms with Crippen LogP contribution in [0.1, 0.15) is 43.5 Å². The predicted octanol–water partition coefficient (Wildman–Crippen LogP) is 3.85. The quantitative estimate of drug-likeness (QED) is 0.835. The van der Waals surface area contributed by atoms with Crippen LogP contribution < -0.4 is 10.9 Å². The molecule has 3 rings (SSSR count). The Bertz CT molecular complexity index is 799. The van der Waals surface area contributed by atoms with Crippen LogP contribution in [0.2, 0.25) is 0 Å². The largest absolute Gasteiger partial charge is 0.349 e. The monoisotopic (exact) mass is 376 g/mol. The highest BCUT2D eigenvalue weighted by atomic mass is 79.9. The lowest BCUT2D eigenvalue weighted by molar-refractivity contribution is 0.0892. The van der Waals surface area contributed by atoms with Crippen LogP contribution in [0.5, 0.6) is 0 Å². The molecule has 0 aliphatic heterocycles.